The van der Waals surface area contributed by atoms with Gasteiger partial charge in [0.2, 0.25) is 0 Å². The molecule has 3 nitrogen and oxygen atoms in total. The van der Waals surface area contributed by atoms with E-state index in [1.165, 1.54) is 10.9 Å². The average Bonchev–Trinajstić information content (AvgIpc) is 2.95. The summed E-state index contributed by atoms with van der Waals surface area (Å²) in [5.74, 6) is -0.979. The molecule has 0 amide bonds. The number of hydrogen-bond acceptors (Lipinski definition) is 3. The van der Waals surface area contributed by atoms with E-state index in [-0.39, 0.29) is 11.0 Å². The van der Waals surface area contributed by atoms with Crippen molar-refractivity contribution >= 4 is 28.9 Å². The zero-order valence-corrected chi connectivity index (χ0v) is 16.7. The maximum atomic E-state index is 11.1. The van der Waals surface area contributed by atoms with Crippen LogP contribution in [0.15, 0.2) is 42.6 Å². The Morgan fingerprint density at radius 2 is 1.85 bits per heavy atom. The lowest BCUT2D eigenvalue weighted by molar-refractivity contribution is 0.0697. The number of nitrogens with zero attached hydrogens (tertiary/aromatic N) is 1. The number of aryl methyl sites for hydroxylation is 1. The third-order valence-electron chi connectivity index (χ3n) is 4.24. The molecule has 2 aromatic heterocycles. The minimum absolute atomic E-state index is 0.0151. The number of carboxylic acid groups (broad SMARTS) is 1. The molecule has 0 radical (unpaired) electrons. The van der Waals surface area contributed by atoms with Crippen molar-refractivity contribution in [1.82, 2.24) is 4.98 Å². The molecule has 0 saturated carbocycles. The van der Waals surface area contributed by atoms with Crippen LogP contribution in [0.5, 0.6) is 0 Å². The van der Waals surface area contributed by atoms with E-state index in [0.29, 0.717) is 5.02 Å². The highest BCUT2D eigenvalue weighted by molar-refractivity contribution is 7.16. The zero-order valence-electron chi connectivity index (χ0n) is 15.1. The number of benzene rings is 1. The quantitative estimate of drug-likeness (QED) is 0.564. The normalized spacial score (nSPS) is 11.6. The molecule has 26 heavy (non-hydrogen) atoms. The van der Waals surface area contributed by atoms with E-state index in [1.54, 1.807) is 23.5 Å². The van der Waals surface area contributed by atoms with E-state index in [1.807, 2.05) is 12.3 Å². The van der Waals surface area contributed by atoms with Crippen LogP contribution in [0.2, 0.25) is 5.02 Å². The van der Waals surface area contributed by atoms with Crippen molar-refractivity contribution in [2.75, 3.05) is 0 Å². The number of aromatic nitrogens is 1. The maximum Gasteiger partial charge on any atom is 0.335 e. The zero-order chi connectivity index (χ0) is 19.1. The summed E-state index contributed by atoms with van der Waals surface area (Å²) >= 11 is 7.99. The van der Waals surface area contributed by atoms with Crippen molar-refractivity contribution in [2.24, 2.45) is 0 Å². The van der Waals surface area contributed by atoms with Gasteiger partial charge in [-0.15, -0.1) is 11.3 Å². The summed E-state index contributed by atoms with van der Waals surface area (Å²) < 4.78 is 0. The minimum Gasteiger partial charge on any atom is -0.478 e. The summed E-state index contributed by atoms with van der Waals surface area (Å²) in [6.07, 6.45) is 1.85. The number of pyridine rings is 1. The monoisotopic (exact) mass is 385 g/mol. The van der Waals surface area contributed by atoms with Crippen molar-refractivity contribution in [2.45, 2.75) is 33.1 Å². The third-order valence-corrected chi connectivity index (χ3v) is 5.64. The van der Waals surface area contributed by atoms with Gasteiger partial charge in [0.15, 0.2) is 0 Å². The number of thiophene rings is 1. The van der Waals surface area contributed by atoms with E-state index in [0.717, 1.165) is 27.3 Å². The molecule has 5 heteroatoms. The van der Waals surface area contributed by atoms with Gasteiger partial charge in [-0.3, -0.25) is 4.98 Å². The first-order valence-corrected chi connectivity index (χ1v) is 9.47. The molecular weight excluding hydrogens is 366 g/mol. The first kappa shape index (κ1) is 18.6. The van der Waals surface area contributed by atoms with Gasteiger partial charge in [0.05, 0.1) is 10.6 Å². The molecular formula is C21H20ClNO2S. The van der Waals surface area contributed by atoms with Crippen LogP contribution in [0.25, 0.3) is 21.6 Å². The molecule has 0 aliphatic rings. The number of rotatable bonds is 3. The van der Waals surface area contributed by atoms with Crippen molar-refractivity contribution in [3.63, 3.8) is 0 Å². The highest BCUT2D eigenvalue weighted by Crippen LogP contribution is 2.40. The first-order chi connectivity index (χ1) is 12.2. The Bertz CT molecular complexity index is 986. The summed E-state index contributed by atoms with van der Waals surface area (Å²) in [5.41, 5.74) is 4.35. The van der Waals surface area contributed by atoms with Crippen LogP contribution >= 0.6 is 22.9 Å². The average molecular weight is 386 g/mol. The molecule has 0 atom stereocenters. The topological polar surface area (TPSA) is 50.2 Å². The lowest BCUT2D eigenvalue weighted by Crippen LogP contribution is -2.13. The predicted octanol–water partition coefficient (Wildman–Crippen LogP) is 6.43. The number of carboxylic acids is 1. The van der Waals surface area contributed by atoms with Crippen molar-refractivity contribution < 1.29 is 9.90 Å². The van der Waals surface area contributed by atoms with Crippen LogP contribution in [0.1, 0.15) is 41.7 Å². The van der Waals surface area contributed by atoms with Gasteiger partial charge in [-0.25, -0.2) is 4.79 Å². The Kier molecular flexibility index (Phi) is 4.91. The minimum atomic E-state index is -0.979. The summed E-state index contributed by atoms with van der Waals surface area (Å²) in [5, 5.41) is 9.54. The van der Waals surface area contributed by atoms with Gasteiger partial charge in [-0.05, 0) is 48.4 Å². The van der Waals surface area contributed by atoms with Gasteiger partial charge < -0.3 is 5.11 Å². The van der Waals surface area contributed by atoms with E-state index in [4.69, 9.17) is 16.7 Å². The van der Waals surface area contributed by atoms with E-state index in [2.05, 4.69) is 44.8 Å². The van der Waals surface area contributed by atoms with E-state index >= 15 is 0 Å². The predicted molar refractivity (Wildman–Crippen MR) is 108 cm³/mol. The molecule has 2 heterocycles. The molecule has 0 spiro atoms. The second-order valence-corrected chi connectivity index (χ2v) is 8.92. The van der Waals surface area contributed by atoms with Gasteiger partial charge >= 0.3 is 5.97 Å². The molecule has 1 N–H and O–H groups in total. The Morgan fingerprint density at radius 3 is 2.46 bits per heavy atom. The smallest absolute Gasteiger partial charge is 0.335 e. The van der Waals surface area contributed by atoms with Gasteiger partial charge in [0, 0.05) is 32.6 Å². The second kappa shape index (κ2) is 6.86. The molecule has 0 bridgehead atoms. The molecule has 0 aliphatic carbocycles. The largest absolute Gasteiger partial charge is 0.478 e. The van der Waals surface area contributed by atoms with Crippen LogP contribution in [0.4, 0.5) is 0 Å². The third kappa shape index (κ3) is 3.67. The number of aromatic carboxylic acids is 1. The Hall–Kier alpha value is -2.17. The number of carbonyl (C=O) groups is 1. The molecule has 0 fully saturated rings. The van der Waals surface area contributed by atoms with Gasteiger partial charge in [0.25, 0.3) is 0 Å². The number of hydrogen-bond donors (Lipinski definition) is 1. The molecule has 0 aliphatic heterocycles. The summed E-state index contributed by atoms with van der Waals surface area (Å²) in [7, 11) is 0. The SMILES string of the molecule is Cc1sc(-c2ccc(C(=O)O)cc2Cl)cc1-c1ccnc(C(C)(C)C)c1. The molecule has 3 rings (SSSR count). The lowest BCUT2D eigenvalue weighted by atomic mass is 9.90. The first-order valence-electron chi connectivity index (χ1n) is 8.27. The van der Waals surface area contributed by atoms with Crippen molar-refractivity contribution in [1.29, 1.82) is 0 Å². The van der Waals surface area contributed by atoms with Crippen LogP contribution in [0.3, 0.4) is 0 Å². The molecule has 0 saturated heterocycles. The second-order valence-electron chi connectivity index (χ2n) is 7.26. The highest BCUT2D eigenvalue weighted by atomic mass is 35.5. The van der Waals surface area contributed by atoms with Gasteiger partial charge in [-0.2, -0.15) is 0 Å². The molecule has 0 unspecified atom stereocenters. The van der Waals surface area contributed by atoms with Crippen LogP contribution in [-0.4, -0.2) is 16.1 Å². The Morgan fingerprint density at radius 1 is 1.12 bits per heavy atom. The molecule has 1 aromatic carbocycles. The summed E-state index contributed by atoms with van der Waals surface area (Å²) in [6, 6.07) is 11.1. The molecule has 3 aromatic rings. The van der Waals surface area contributed by atoms with Crippen LogP contribution in [0, 0.1) is 6.92 Å². The highest BCUT2D eigenvalue weighted by Gasteiger charge is 2.18. The fraction of sp³-hybridized carbons (Fsp3) is 0.238. The van der Waals surface area contributed by atoms with Crippen molar-refractivity contribution in [3.8, 4) is 21.6 Å². The van der Waals surface area contributed by atoms with Gasteiger partial charge in [0.1, 0.15) is 0 Å². The van der Waals surface area contributed by atoms with E-state index < -0.39 is 5.97 Å². The lowest BCUT2D eigenvalue weighted by Gasteiger charge is -2.18. The fourth-order valence-electron chi connectivity index (χ4n) is 2.76. The number of halogens is 1. The van der Waals surface area contributed by atoms with E-state index in [9.17, 15) is 4.79 Å². The fourth-order valence-corrected chi connectivity index (χ4v) is 4.18. The van der Waals surface area contributed by atoms with Gasteiger partial charge in [-0.1, -0.05) is 38.4 Å². The Labute approximate surface area is 162 Å². The maximum absolute atomic E-state index is 11.1. The van der Waals surface area contributed by atoms with Crippen LogP contribution < -0.4 is 0 Å². The van der Waals surface area contributed by atoms with Crippen LogP contribution in [-0.2, 0) is 5.41 Å². The van der Waals surface area contributed by atoms with Crippen molar-refractivity contribution in [3.05, 3.63) is 63.8 Å². The summed E-state index contributed by atoms with van der Waals surface area (Å²) in [4.78, 5) is 17.8. The molecule has 134 valence electrons. The summed E-state index contributed by atoms with van der Waals surface area (Å²) in [6.45, 7) is 8.53. The standard InChI is InChI=1S/C21H20ClNO2S/c1-12-16(13-7-8-23-19(10-13)21(2,3)4)11-18(26-12)15-6-5-14(20(24)25)9-17(15)22/h5-11H,1-4H3,(H,24,25). The Balaban J connectivity index is 2.05.